The first-order valence-electron chi connectivity index (χ1n) is 9.08. The van der Waals surface area contributed by atoms with Gasteiger partial charge >= 0.3 is 0 Å². The number of nitrogens with one attached hydrogen (secondary N) is 1. The fourth-order valence-electron chi connectivity index (χ4n) is 2.77. The quantitative estimate of drug-likeness (QED) is 0.815. The summed E-state index contributed by atoms with van der Waals surface area (Å²) in [5.41, 5.74) is 0.496. The van der Waals surface area contributed by atoms with Crippen molar-refractivity contribution in [2.75, 3.05) is 46.4 Å². The smallest absolute Gasteiger partial charge is 0.252 e. The molecule has 1 saturated heterocycles. The molecule has 1 fully saturated rings. The number of carbonyl (C=O) groups excluding carboxylic acids is 1. The van der Waals surface area contributed by atoms with E-state index in [9.17, 15) is 4.79 Å². The van der Waals surface area contributed by atoms with Gasteiger partial charge in [-0.15, -0.1) is 0 Å². The van der Waals surface area contributed by atoms with Crippen LogP contribution in [0.3, 0.4) is 0 Å². The molecule has 1 amide bonds. The molecule has 2 rings (SSSR count). The number of nitrogens with zero attached hydrogens (tertiary/aromatic N) is 3. The van der Waals surface area contributed by atoms with Crippen molar-refractivity contribution in [3.05, 3.63) is 23.9 Å². The Labute approximate surface area is 151 Å². The highest BCUT2D eigenvalue weighted by Gasteiger charge is 2.29. The molecular weight excluding hydrogens is 316 g/mol. The molecule has 0 atom stereocenters. The van der Waals surface area contributed by atoms with Gasteiger partial charge in [0.1, 0.15) is 0 Å². The molecule has 0 unspecified atom stereocenters. The van der Waals surface area contributed by atoms with E-state index in [-0.39, 0.29) is 11.4 Å². The standard InChI is InChI=1S/C19H32N4O2/c1-15(2)13-25-17-7-6-16(12-20-17)18(24)21-14-19(3,4)23-10-8-22(5)9-11-23/h6-7,12,15H,8-11,13-14H2,1-5H3,(H,21,24). The van der Waals surface area contributed by atoms with Crippen LogP contribution in [0, 0.1) is 5.92 Å². The van der Waals surface area contributed by atoms with Crippen LogP contribution >= 0.6 is 0 Å². The molecule has 1 aliphatic rings. The van der Waals surface area contributed by atoms with Crippen LogP contribution in [-0.4, -0.2) is 72.6 Å². The van der Waals surface area contributed by atoms with Crippen molar-refractivity contribution in [3.63, 3.8) is 0 Å². The number of aromatic nitrogens is 1. The number of amides is 1. The van der Waals surface area contributed by atoms with Crippen LogP contribution in [-0.2, 0) is 0 Å². The van der Waals surface area contributed by atoms with Gasteiger partial charge in [0, 0.05) is 50.5 Å². The van der Waals surface area contributed by atoms with Crippen LogP contribution in [0.5, 0.6) is 5.88 Å². The molecule has 0 bridgehead atoms. The molecule has 1 N–H and O–H groups in total. The van der Waals surface area contributed by atoms with Gasteiger partial charge in [0.05, 0.1) is 12.2 Å². The van der Waals surface area contributed by atoms with Crippen LogP contribution < -0.4 is 10.1 Å². The normalized spacial score (nSPS) is 16.9. The summed E-state index contributed by atoms with van der Waals surface area (Å²) in [6.07, 6.45) is 1.58. The summed E-state index contributed by atoms with van der Waals surface area (Å²) >= 11 is 0. The maximum absolute atomic E-state index is 12.4. The topological polar surface area (TPSA) is 57.7 Å². The molecule has 6 nitrogen and oxygen atoms in total. The summed E-state index contributed by atoms with van der Waals surface area (Å²) in [7, 11) is 2.15. The van der Waals surface area contributed by atoms with Crippen molar-refractivity contribution in [3.8, 4) is 5.88 Å². The Morgan fingerprint density at radius 1 is 1.28 bits per heavy atom. The Morgan fingerprint density at radius 3 is 2.52 bits per heavy atom. The fraction of sp³-hybridized carbons (Fsp3) is 0.684. The average Bonchev–Trinajstić information content (AvgIpc) is 2.59. The molecule has 1 aromatic rings. The van der Waals surface area contributed by atoms with E-state index in [1.807, 2.05) is 0 Å². The van der Waals surface area contributed by atoms with Crippen molar-refractivity contribution in [1.29, 1.82) is 0 Å². The lowest BCUT2D eigenvalue weighted by Crippen LogP contribution is -2.57. The van der Waals surface area contributed by atoms with Gasteiger partial charge in [-0.25, -0.2) is 4.98 Å². The van der Waals surface area contributed by atoms with E-state index in [0.29, 0.717) is 30.5 Å². The van der Waals surface area contributed by atoms with E-state index in [0.717, 1.165) is 26.2 Å². The third-order valence-corrected chi connectivity index (χ3v) is 4.60. The van der Waals surface area contributed by atoms with Crippen LogP contribution in [0.2, 0.25) is 0 Å². The van der Waals surface area contributed by atoms with E-state index in [2.05, 4.69) is 54.8 Å². The molecule has 1 aliphatic heterocycles. The Hall–Kier alpha value is -1.66. The van der Waals surface area contributed by atoms with Gasteiger partial charge in [-0.05, 0) is 32.9 Å². The monoisotopic (exact) mass is 348 g/mol. The summed E-state index contributed by atoms with van der Waals surface area (Å²) in [6.45, 7) is 14.0. The van der Waals surface area contributed by atoms with E-state index in [1.165, 1.54) is 0 Å². The first kappa shape index (κ1) is 19.7. The first-order valence-corrected chi connectivity index (χ1v) is 9.08. The van der Waals surface area contributed by atoms with E-state index < -0.39 is 0 Å². The molecule has 0 spiro atoms. The van der Waals surface area contributed by atoms with Gasteiger partial charge in [-0.3, -0.25) is 9.69 Å². The Bertz CT molecular complexity index is 549. The molecule has 6 heteroatoms. The van der Waals surface area contributed by atoms with E-state index in [4.69, 9.17) is 4.74 Å². The molecular formula is C19H32N4O2. The van der Waals surface area contributed by atoms with Gasteiger partial charge in [0.2, 0.25) is 5.88 Å². The number of pyridine rings is 1. The van der Waals surface area contributed by atoms with Gasteiger partial charge in [0.15, 0.2) is 0 Å². The largest absolute Gasteiger partial charge is 0.477 e. The van der Waals surface area contributed by atoms with Crippen molar-refractivity contribution >= 4 is 5.91 Å². The van der Waals surface area contributed by atoms with Crippen molar-refractivity contribution in [2.24, 2.45) is 5.92 Å². The number of carbonyl (C=O) groups is 1. The lowest BCUT2D eigenvalue weighted by atomic mass is 10.0. The minimum Gasteiger partial charge on any atom is -0.477 e. The molecule has 25 heavy (non-hydrogen) atoms. The van der Waals surface area contributed by atoms with Crippen molar-refractivity contribution in [1.82, 2.24) is 20.1 Å². The number of hydrogen-bond acceptors (Lipinski definition) is 5. The van der Waals surface area contributed by atoms with Gasteiger partial charge in [-0.2, -0.15) is 0 Å². The van der Waals surface area contributed by atoms with Gasteiger partial charge < -0.3 is 15.0 Å². The maximum Gasteiger partial charge on any atom is 0.252 e. The fourth-order valence-corrected chi connectivity index (χ4v) is 2.77. The molecule has 2 heterocycles. The molecule has 140 valence electrons. The lowest BCUT2D eigenvalue weighted by molar-refractivity contribution is 0.0588. The second-order valence-corrected chi connectivity index (χ2v) is 7.88. The number of likely N-dealkylation sites (N-methyl/N-ethyl adjacent to an activating group) is 1. The van der Waals surface area contributed by atoms with Crippen LogP contribution in [0.4, 0.5) is 0 Å². The second kappa shape index (κ2) is 8.63. The summed E-state index contributed by atoms with van der Waals surface area (Å²) in [6, 6.07) is 3.52. The van der Waals surface area contributed by atoms with Crippen molar-refractivity contribution in [2.45, 2.75) is 33.2 Å². The number of ether oxygens (including phenoxy) is 1. The van der Waals surface area contributed by atoms with Crippen LogP contribution in [0.15, 0.2) is 18.3 Å². The van der Waals surface area contributed by atoms with Gasteiger partial charge in [-0.1, -0.05) is 13.8 Å². The average molecular weight is 348 g/mol. The lowest BCUT2D eigenvalue weighted by Gasteiger charge is -2.43. The SMILES string of the molecule is CC(C)COc1ccc(C(=O)NCC(C)(C)N2CCN(C)CC2)cn1. The van der Waals surface area contributed by atoms with E-state index >= 15 is 0 Å². The predicted molar refractivity (Wildman–Crippen MR) is 100 cm³/mol. The molecule has 0 radical (unpaired) electrons. The molecule has 0 aromatic carbocycles. The highest BCUT2D eigenvalue weighted by Crippen LogP contribution is 2.16. The Morgan fingerprint density at radius 2 is 1.96 bits per heavy atom. The highest BCUT2D eigenvalue weighted by atomic mass is 16.5. The van der Waals surface area contributed by atoms with Crippen molar-refractivity contribution < 1.29 is 9.53 Å². The summed E-state index contributed by atoms with van der Waals surface area (Å²) in [5.74, 6) is 0.912. The zero-order valence-corrected chi connectivity index (χ0v) is 16.2. The van der Waals surface area contributed by atoms with E-state index in [1.54, 1.807) is 18.3 Å². The minimum absolute atomic E-state index is 0.0648. The predicted octanol–water partition coefficient (Wildman–Crippen LogP) is 1.87. The molecule has 1 aromatic heterocycles. The maximum atomic E-state index is 12.4. The van der Waals surface area contributed by atoms with Gasteiger partial charge in [0.25, 0.3) is 5.91 Å². The first-order chi connectivity index (χ1) is 11.8. The summed E-state index contributed by atoms with van der Waals surface area (Å²) in [5, 5.41) is 3.04. The number of hydrogen-bond donors (Lipinski definition) is 1. The third kappa shape index (κ3) is 5.97. The zero-order chi connectivity index (χ0) is 18.4. The van der Waals surface area contributed by atoms with Crippen LogP contribution in [0.1, 0.15) is 38.1 Å². The van der Waals surface area contributed by atoms with Crippen LogP contribution in [0.25, 0.3) is 0 Å². The zero-order valence-electron chi connectivity index (χ0n) is 16.2. The number of rotatable bonds is 7. The third-order valence-electron chi connectivity index (χ3n) is 4.60. The summed E-state index contributed by atoms with van der Waals surface area (Å²) in [4.78, 5) is 21.4. The molecule has 0 aliphatic carbocycles. The molecule has 0 saturated carbocycles. The Balaban J connectivity index is 1.84. The summed E-state index contributed by atoms with van der Waals surface area (Å²) < 4.78 is 5.55. The highest BCUT2D eigenvalue weighted by molar-refractivity contribution is 5.93. The number of piperazine rings is 1. The Kier molecular flexibility index (Phi) is 6.79. The second-order valence-electron chi connectivity index (χ2n) is 7.88. The minimum atomic E-state index is -0.0925.